The number of aryl methyl sites for hydroxylation is 1. The summed E-state index contributed by atoms with van der Waals surface area (Å²) in [6.07, 6.45) is 0. The Balaban J connectivity index is 2.63. The number of rotatable bonds is 0. The smallest absolute Gasteiger partial charge is 0.143 e. The fourth-order valence-electron chi connectivity index (χ4n) is 2.23. The van der Waals surface area contributed by atoms with Gasteiger partial charge in [0.15, 0.2) is 0 Å². The summed E-state index contributed by atoms with van der Waals surface area (Å²) in [5.74, 6) is 0.102. The van der Waals surface area contributed by atoms with Gasteiger partial charge in [0.1, 0.15) is 17.0 Å². The van der Waals surface area contributed by atoms with Crippen molar-refractivity contribution in [1.29, 1.82) is 0 Å². The molecule has 0 radical (unpaired) electrons. The fourth-order valence-corrected chi connectivity index (χ4v) is 2.23. The molecule has 0 fully saturated rings. The molecule has 0 aliphatic rings. The van der Waals surface area contributed by atoms with Crippen molar-refractivity contribution in [2.24, 2.45) is 0 Å². The van der Waals surface area contributed by atoms with Gasteiger partial charge in [-0.25, -0.2) is 0 Å². The van der Waals surface area contributed by atoms with E-state index in [0.717, 1.165) is 21.1 Å². The molecule has 0 unspecified atom stereocenters. The van der Waals surface area contributed by atoms with Gasteiger partial charge in [-0.1, -0.05) is 0 Å². The van der Waals surface area contributed by atoms with E-state index in [0.29, 0.717) is 11.0 Å². The minimum Gasteiger partial charge on any atom is -0.508 e. The number of aromatic hydroxyl groups is 2. The first-order valence-corrected chi connectivity index (χ1v) is 5.24. The van der Waals surface area contributed by atoms with Crippen molar-refractivity contribution in [3.8, 4) is 11.5 Å². The highest BCUT2D eigenvalue weighted by atomic mass is 16.5. The number of hydrogen-bond acceptors (Lipinski definition) is 3. The van der Waals surface area contributed by atoms with E-state index in [2.05, 4.69) is 0 Å². The van der Waals surface area contributed by atoms with E-state index < -0.39 is 0 Å². The van der Waals surface area contributed by atoms with Crippen molar-refractivity contribution in [2.45, 2.75) is 6.92 Å². The Labute approximate surface area is 96.9 Å². The van der Waals surface area contributed by atoms with E-state index in [4.69, 9.17) is 0 Å². The number of fused-ring (bicyclic) bond motifs is 3. The lowest BCUT2D eigenvalue weighted by atomic mass is 10.1. The minimum atomic E-state index is 0.0261. The molecule has 3 aromatic rings. The van der Waals surface area contributed by atoms with Crippen LogP contribution < -0.4 is 0 Å². The highest BCUT2D eigenvalue weighted by Gasteiger charge is 2.14. The van der Waals surface area contributed by atoms with Crippen LogP contribution >= 0.6 is 0 Å². The van der Waals surface area contributed by atoms with Crippen LogP contribution in [-0.4, -0.2) is 20.2 Å². The lowest BCUT2D eigenvalue weighted by Gasteiger charge is -2.00. The van der Waals surface area contributed by atoms with Crippen LogP contribution in [-0.2, 0) is 0 Å². The number of benzene rings is 2. The zero-order chi connectivity index (χ0) is 12.2. The molecule has 0 spiro atoms. The van der Waals surface area contributed by atoms with Crippen LogP contribution in [0.3, 0.4) is 0 Å². The molecule has 4 nitrogen and oxygen atoms in total. The molecule has 0 amide bonds. The lowest BCUT2D eigenvalue weighted by molar-refractivity contribution is 0.211. The molecule has 2 aromatic carbocycles. The predicted octanol–water partition coefficient (Wildman–Crippen LogP) is 2.75. The molecular formula is C13H11NO3. The molecule has 86 valence electrons. The SMILES string of the molecule is Cc1cc(O)c2c(c1)c1ccc(O)cc1n2O. The van der Waals surface area contributed by atoms with Gasteiger partial charge in [0, 0.05) is 16.8 Å². The van der Waals surface area contributed by atoms with Crippen LogP contribution in [0.25, 0.3) is 21.8 Å². The highest BCUT2D eigenvalue weighted by molar-refractivity contribution is 6.10. The van der Waals surface area contributed by atoms with Crippen molar-refractivity contribution < 1.29 is 15.4 Å². The summed E-state index contributed by atoms with van der Waals surface area (Å²) in [4.78, 5) is 0. The third-order valence-electron chi connectivity index (χ3n) is 2.95. The van der Waals surface area contributed by atoms with Gasteiger partial charge in [-0.05, 0) is 36.8 Å². The third kappa shape index (κ3) is 1.24. The zero-order valence-electron chi connectivity index (χ0n) is 9.18. The van der Waals surface area contributed by atoms with Crippen LogP contribution in [0.4, 0.5) is 0 Å². The minimum absolute atomic E-state index is 0.0261. The molecule has 4 heteroatoms. The van der Waals surface area contributed by atoms with Gasteiger partial charge in [-0.2, -0.15) is 4.73 Å². The van der Waals surface area contributed by atoms with Gasteiger partial charge in [0.25, 0.3) is 0 Å². The summed E-state index contributed by atoms with van der Waals surface area (Å²) in [6.45, 7) is 1.88. The van der Waals surface area contributed by atoms with Gasteiger partial charge in [-0.3, -0.25) is 0 Å². The quantitative estimate of drug-likeness (QED) is 0.519. The van der Waals surface area contributed by atoms with Crippen LogP contribution in [0.15, 0.2) is 30.3 Å². The maximum absolute atomic E-state index is 9.99. The Kier molecular flexibility index (Phi) is 1.78. The Morgan fingerprint density at radius 3 is 2.53 bits per heavy atom. The van der Waals surface area contributed by atoms with E-state index in [1.807, 2.05) is 13.0 Å². The fraction of sp³-hybridized carbons (Fsp3) is 0.0769. The van der Waals surface area contributed by atoms with Crippen molar-refractivity contribution in [3.63, 3.8) is 0 Å². The molecule has 0 atom stereocenters. The highest BCUT2D eigenvalue weighted by Crippen LogP contribution is 2.35. The Hall–Kier alpha value is -2.36. The van der Waals surface area contributed by atoms with Crippen molar-refractivity contribution >= 4 is 21.8 Å². The lowest BCUT2D eigenvalue weighted by Crippen LogP contribution is -1.89. The largest absolute Gasteiger partial charge is 0.508 e. The van der Waals surface area contributed by atoms with Crippen LogP contribution in [0.2, 0.25) is 0 Å². The summed E-state index contributed by atoms with van der Waals surface area (Å²) >= 11 is 0. The number of hydrogen-bond donors (Lipinski definition) is 3. The first-order chi connectivity index (χ1) is 8.08. The molecule has 1 heterocycles. The maximum atomic E-state index is 9.99. The second kappa shape index (κ2) is 3.07. The summed E-state index contributed by atoms with van der Waals surface area (Å²) in [6, 6.07) is 8.22. The normalized spacial score (nSPS) is 11.4. The number of aromatic nitrogens is 1. The standard InChI is InChI=1S/C13H11NO3/c1-7-4-10-9-3-2-8(15)6-11(9)14(17)13(10)12(16)5-7/h2-6,15-17H,1H3. The van der Waals surface area contributed by atoms with E-state index in [1.54, 1.807) is 18.2 Å². The first kappa shape index (κ1) is 9.84. The second-order valence-electron chi connectivity index (χ2n) is 4.19. The van der Waals surface area contributed by atoms with Gasteiger partial charge in [0.05, 0.1) is 5.52 Å². The average Bonchev–Trinajstić information content (AvgIpc) is 2.52. The third-order valence-corrected chi connectivity index (χ3v) is 2.95. The molecule has 3 N–H and O–H groups in total. The molecule has 0 aliphatic carbocycles. The Morgan fingerprint density at radius 1 is 1.00 bits per heavy atom. The zero-order valence-corrected chi connectivity index (χ0v) is 9.18. The molecule has 0 bridgehead atoms. The number of phenolic OH excluding ortho intramolecular Hbond substituents is 2. The Bertz CT molecular complexity index is 743. The predicted molar refractivity (Wildman–Crippen MR) is 64.7 cm³/mol. The van der Waals surface area contributed by atoms with Crippen molar-refractivity contribution in [2.75, 3.05) is 0 Å². The summed E-state index contributed by atoms with van der Waals surface area (Å²) in [5.41, 5.74) is 1.74. The Morgan fingerprint density at radius 2 is 1.76 bits per heavy atom. The van der Waals surface area contributed by atoms with Crippen LogP contribution in [0.1, 0.15) is 5.56 Å². The maximum Gasteiger partial charge on any atom is 0.143 e. The van der Waals surface area contributed by atoms with Gasteiger partial charge in [-0.15, -0.1) is 0 Å². The summed E-state index contributed by atoms with van der Waals surface area (Å²) in [5, 5.41) is 30.8. The summed E-state index contributed by atoms with van der Waals surface area (Å²) in [7, 11) is 0. The first-order valence-electron chi connectivity index (χ1n) is 5.24. The van der Waals surface area contributed by atoms with E-state index in [9.17, 15) is 15.4 Å². The van der Waals surface area contributed by atoms with E-state index >= 15 is 0 Å². The van der Waals surface area contributed by atoms with Crippen molar-refractivity contribution in [1.82, 2.24) is 4.73 Å². The van der Waals surface area contributed by atoms with Gasteiger partial charge >= 0.3 is 0 Å². The second-order valence-corrected chi connectivity index (χ2v) is 4.19. The number of nitrogens with zero attached hydrogens (tertiary/aromatic N) is 1. The van der Waals surface area contributed by atoms with Crippen molar-refractivity contribution in [3.05, 3.63) is 35.9 Å². The molecule has 0 aliphatic heterocycles. The van der Waals surface area contributed by atoms with Gasteiger partial charge < -0.3 is 15.4 Å². The topological polar surface area (TPSA) is 65.6 Å². The molecule has 1 aromatic heterocycles. The summed E-state index contributed by atoms with van der Waals surface area (Å²) < 4.78 is 0.902. The molecular weight excluding hydrogens is 218 g/mol. The van der Waals surface area contributed by atoms with E-state index in [1.165, 1.54) is 6.07 Å². The van der Waals surface area contributed by atoms with Crippen LogP contribution in [0.5, 0.6) is 11.5 Å². The molecule has 3 rings (SSSR count). The monoisotopic (exact) mass is 229 g/mol. The molecule has 17 heavy (non-hydrogen) atoms. The number of phenols is 2. The molecule has 0 saturated carbocycles. The van der Waals surface area contributed by atoms with Gasteiger partial charge in [0.2, 0.25) is 0 Å². The molecule has 0 saturated heterocycles. The average molecular weight is 229 g/mol. The van der Waals surface area contributed by atoms with Crippen LogP contribution in [0, 0.1) is 6.92 Å². The van der Waals surface area contributed by atoms with E-state index in [-0.39, 0.29) is 11.5 Å².